The van der Waals surface area contributed by atoms with Crippen molar-refractivity contribution in [1.29, 1.82) is 0 Å². The molecule has 2 aromatic rings. The first-order chi connectivity index (χ1) is 7.45. The van der Waals surface area contributed by atoms with Gasteiger partial charge in [-0.3, -0.25) is 5.32 Å². The first-order valence-corrected chi connectivity index (χ1v) is 5.31. The van der Waals surface area contributed by atoms with E-state index in [0.29, 0.717) is 0 Å². The molecule has 1 aliphatic rings. The van der Waals surface area contributed by atoms with Crippen molar-refractivity contribution >= 4 is 10.9 Å². The Morgan fingerprint density at radius 3 is 3.07 bits per heavy atom. The van der Waals surface area contributed by atoms with E-state index in [4.69, 9.17) is 0 Å². The molecule has 4 heteroatoms. The van der Waals surface area contributed by atoms with Gasteiger partial charge in [0, 0.05) is 25.0 Å². The Labute approximate surface area is 88.3 Å². The molecule has 2 N–H and O–H groups in total. The van der Waals surface area contributed by atoms with E-state index in [1.807, 2.05) is 12.3 Å². The van der Waals surface area contributed by atoms with Crippen molar-refractivity contribution in [1.82, 2.24) is 20.4 Å². The SMILES string of the molecule is c1ccc2c(c1)cnn2C1CNCCN1. The molecule has 1 saturated heterocycles. The second-order valence-electron chi connectivity index (χ2n) is 3.82. The van der Waals surface area contributed by atoms with E-state index < -0.39 is 0 Å². The molecule has 0 bridgehead atoms. The van der Waals surface area contributed by atoms with Crippen molar-refractivity contribution in [2.75, 3.05) is 19.6 Å². The summed E-state index contributed by atoms with van der Waals surface area (Å²) in [4.78, 5) is 0. The molecule has 1 aromatic heterocycles. The van der Waals surface area contributed by atoms with Gasteiger partial charge in [-0.1, -0.05) is 18.2 Å². The normalized spacial score (nSPS) is 22.0. The molecule has 1 atom stereocenters. The molecule has 3 rings (SSSR count). The van der Waals surface area contributed by atoms with Crippen LogP contribution in [0.25, 0.3) is 10.9 Å². The lowest BCUT2D eigenvalue weighted by molar-refractivity contribution is 0.322. The van der Waals surface area contributed by atoms with Crippen molar-refractivity contribution in [3.8, 4) is 0 Å². The fourth-order valence-corrected chi connectivity index (χ4v) is 2.05. The van der Waals surface area contributed by atoms with Crippen LogP contribution in [0.4, 0.5) is 0 Å². The topological polar surface area (TPSA) is 41.9 Å². The van der Waals surface area contributed by atoms with Crippen LogP contribution in [0, 0.1) is 0 Å². The van der Waals surface area contributed by atoms with Crippen LogP contribution in [0.3, 0.4) is 0 Å². The summed E-state index contributed by atoms with van der Waals surface area (Å²) in [6.45, 7) is 2.97. The molecule has 1 aromatic carbocycles. The highest BCUT2D eigenvalue weighted by molar-refractivity contribution is 5.78. The molecule has 0 aliphatic carbocycles. The van der Waals surface area contributed by atoms with Crippen molar-refractivity contribution in [2.24, 2.45) is 0 Å². The average molecular weight is 202 g/mol. The number of nitrogens with one attached hydrogen (secondary N) is 2. The number of hydrogen-bond acceptors (Lipinski definition) is 3. The Hall–Kier alpha value is -1.39. The monoisotopic (exact) mass is 202 g/mol. The molecule has 0 amide bonds. The fourth-order valence-electron chi connectivity index (χ4n) is 2.05. The molecular formula is C11H14N4. The number of hydrogen-bond donors (Lipinski definition) is 2. The minimum Gasteiger partial charge on any atom is -0.312 e. The maximum Gasteiger partial charge on any atom is 0.115 e. The Morgan fingerprint density at radius 1 is 1.27 bits per heavy atom. The number of benzene rings is 1. The van der Waals surface area contributed by atoms with Crippen LogP contribution in [0.1, 0.15) is 6.17 Å². The summed E-state index contributed by atoms with van der Waals surface area (Å²) in [6.07, 6.45) is 2.20. The number of nitrogens with zero attached hydrogens (tertiary/aromatic N) is 2. The van der Waals surface area contributed by atoms with Gasteiger partial charge in [-0.15, -0.1) is 0 Å². The van der Waals surface area contributed by atoms with Crippen molar-refractivity contribution < 1.29 is 0 Å². The van der Waals surface area contributed by atoms with Gasteiger partial charge in [0.1, 0.15) is 6.17 Å². The van der Waals surface area contributed by atoms with E-state index in [1.165, 1.54) is 10.9 Å². The molecule has 15 heavy (non-hydrogen) atoms. The summed E-state index contributed by atoms with van der Waals surface area (Å²) < 4.78 is 2.06. The van der Waals surface area contributed by atoms with E-state index >= 15 is 0 Å². The quantitative estimate of drug-likeness (QED) is 0.716. The van der Waals surface area contributed by atoms with Gasteiger partial charge in [0.25, 0.3) is 0 Å². The van der Waals surface area contributed by atoms with Crippen molar-refractivity contribution in [2.45, 2.75) is 6.17 Å². The molecular weight excluding hydrogens is 188 g/mol. The lowest BCUT2D eigenvalue weighted by Gasteiger charge is -2.25. The van der Waals surface area contributed by atoms with Crippen LogP contribution in [-0.2, 0) is 0 Å². The van der Waals surface area contributed by atoms with Gasteiger partial charge in [0.05, 0.1) is 11.7 Å². The lowest BCUT2D eigenvalue weighted by atomic mass is 10.2. The smallest absolute Gasteiger partial charge is 0.115 e. The third kappa shape index (κ3) is 1.52. The largest absolute Gasteiger partial charge is 0.312 e. The Morgan fingerprint density at radius 2 is 2.20 bits per heavy atom. The molecule has 4 nitrogen and oxygen atoms in total. The molecule has 1 aliphatic heterocycles. The molecule has 0 radical (unpaired) electrons. The number of rotatable bonds is 1. The molecule has 1 unspecified atom stereocenters. The number of aromatic nitrogens is 2. The predicted molar refractivity (Wildman–Crippen MR) is 59.6 cm³/mol. The molecule has 2 heterocycles. The average Bonchev–Trinajstić information content (AvgIpc) is 2.74. The second-order valence-corrected chi connectivity index (χ2v) is 3.82. The Balaban J connectivity index is 2.02. The van der Waals surface area contributed by atoms with Crippen molar-refractivity contribution in [3.63, 3.8) is 0 Å². The summed E-state index contributed by atoms with van der Waals surface area (Å²) >= 11 is 0. The second kappa shape index (κ2) is 3.64. The highest BCUT2D eigenvalue weighted by atomic mass is 15.4. The van der Waals surface area contributed by atoms with E-state index in [-0.39, 0.29) is 6.17 Å². The molecule has 1 fully saturated rings. The van der Waals surface area contributed by atoms with E-state index in [0.717, 1.165) is 19.6 Å². The van der Waals surface area contributed by atoms with Crippen LogP contribution >= 0.6 is 0 Å². The van der Waals surface area contributed by atoms with Crippen LogP contribution in [0.15, 0.2) is 30.5 Å². The number of para-hydroxylation sites is 1. The third-order valence-corrected chi connectivity index (χ3v) is 2.82. The molecule has 0 saturated carbocycles. The summed E-state index contributed by atoms with van der Waals surface area (Å²) in [5, 5.41) is 12.4. The minimum atomic E-state index is 0.277. The van der Waals surface area contributed by atoms with Crippen LogP contribution in [0.5, 0.6) is 0 Å². The summed E-state index contributed by atoms with van der Waals surface area (Å²) in [5.41, 5.74) is 1.19. The maximum absolute atomic E-state index is 4.43. The molecule has 78 valence electrons. The van der Waals surface area contributed by atoms with E-state index in [9.17, 15) is 0 Å². The van der Waals surface area contributed by atoms with Gasteiger partial charge < -0.3 is 5.32 Å². The standard InChI is InChI=1S/C11H14N4/c1-2-4-10-9(3-1)7-14-15(10)11-8-12-5-6-13-11/h1-4,7,11-13H,5-6,8H2. The zero-order chi connectivity index (χ0) is 10.1. The highest BCUT2D eigenvalue weighted by Gasteiger charge is 2.15. The summed E-state index contributed by atoms with van der Waals surface area (Å²) in [6, 6.07) is 8.30. The van der Waals surface area contributed by atoms with Gasteiger partial charge in [-0.2, -0.15) is 5.10 Å². The summed E-state index contributed by atoms with van der Waals surface area (Å²) in [7, 11) is 0. The Bertz CT molecular complexity index is 456. The van der Waals surface area contributed by atoms with Gasteiger partial charge in [0.15, 0.2) is 0 Å². The first kappa shape index (κ1) is 8.88. The minimum absolute atomic E-state index is 0.277. The zero-order valence-electron chi connectivity index (χ0n) is 8.48. The highest BCUT2D eigenvalue weighted by Crippen LogP contribution is 2.16. The van der Waals surface area contributed by atoms with Crippen LogP contribution in [-0.4, -0.2) is 29.4 Å². The predicted octanol–water partition coefficient (Wildman–Crippen LogP) is 0.728. The van der Waals surface area contributed by atoms with Gasteiger partial charge in [-0.25, -0.2) is 4.68 Å². The zero-order valence-corrected chi connectivity index (χ0v) is 8.48. The third-order valence-electron chi connectivity index (χ3n) is 2.82. The Kier molecular flexibility index (Phi) is 2.16. The van der Waals surface area contributed by atoms with Crippen LogP contribution in [0.2, 0.25) is 0 Å². The summed E-state index contributed by atoms with van der Waals surface area (Å²) in [5.74, 6) is 0. The number of fused-ring (bicyclic) bond motifs is 1. The fraction of sp³-hybridized carbons (Fsp3) is 0.364. The van der Waals surface area contributed by atoms with Gasteiger partial charge >= 0.3 is 0 Å². The maximum atomic E-state index is 4.43. The van der Waals surface area contributed by atoms with E-state index in [1.54, 1.807) is 0 Å². The first-order valence-electron chi connectivity index (χ1n) is 5.31. The van der Waals surface area contributed by atoms with Gasteiger partial charge in [-0.05, 0) is 6.07 Å². The lowest BCUT2D eigenvalue weighted by Crippen LogP contribution is -2.45. The molecule has 0 spiro atoms. The van der Waals surface area contributed by atoms with Crippen molar-refractivity contribution in [3.05, 3.63) is 30.5 Å². The van der Waals surface area contributed by atoms with E-state index in [2.05, 4.69) is 38.6 Å². The van der Waals surface area contributed by atoms with Gasteiger partial charge in [0.2, 0.25) is 0 Å². The number of piperazine rings is 1. The van der Waals surface area contributed by atoms with Crippen LogP contribution < -0.4 is 10.6 Å².